The molecule has 1 fully saturated rings. The highest BCUT2D eigenvalue weighted by molar-refractivity contribution is 5.25. The number of rotatable bonds is 6. The average Bonchev–Trinajstić information content (AvgIpc) is 2.68. The number of para-hydroxylation sites is 1. The lowest BCUT2D eigenvalue weighted by Crippen LogP contribution is -2.49. The van der Waals surface area contributed by atoms with Crippen LogP contribution in [0.25, 0.3) is 0 Å². The van der Waals surface area contributed by atoms with Crippen molar-refractivity contribution in [2.24, 2.45) is 5.92 Å². The lowest BCUT2D eigenvalue weighted by atomic mass is 9.68. The van der Waals surface area contributed by atoms with Crippen molar-refractivity contribution in [1.29, 1.82) is 0 Å². The first-order chi connectivity index (χ1) is 12.4. The SMILES string of the molecule is CN(C)C1(c2ccccc2)CCC(C(C)(O)COc2ccccc2)CC1. The number of ether oxygens (including phenoxy) is 1. The summed E-state index contributed by atoms with van der Waals surface area (Å²) in [4.78, 5) is 2.35. The van der Waals surface area contributed by atoms with E-state index in [-0.39, 0.29) is 11.5 Å². The minimum Gasteiger partial charge on any atom is -0.491 e. The Morgan fingerprint density at radius 3 is 2.08 bits per heavy atom. The average molecular weight is 354 g/mol. The molecule has 1 aliphatic carbocycles. The minimum absolute atomic E-state index is 0.0636. The van der Waals surface area contributed by atoms with Crippen molar-refractivity contribution in [3.05, 3.63) is 66.2 Å². The first-order valence-corrected chi connectivity index (χ1v) is 9.57. The molecule has 0 heterocycles. The molecule has 26 heavy (non-hydrogen) atoms. The lowest BCUT2D eigenvalue weighted by molar-refractivity contribution is -0.0678. The van der Waals surface area contributed by atoms with Gasteiger partial charge in [-0.2, -0.15) is 0 Å². The van der Waals surface area contributed by atoms with Crippen molar-refractivity contribution in [2.45, 2.75) is 43.7 Å². The summed E-state index contributed by atoms with van der Waals surface area (Å²) in [6, 6.07) is 20.5. The van der Waals surface area contributed by atoms with Gasteiger partial charge in [-0.1, -0.05) is 48.5 Å². The van der Waals surface area contributed by atoms with E-state index in [1.54, 1.807) is 0 Å². The first kappa shape index (κ1) is 18.9. The molecule has 2 aromatic rings. The molecule has 1 atom stereocenters. The van der Waals surface area contributed by atoms with E-state index in [1.165, 1.54) is 5.56 Å². The first-order valence-electron chi connectivity index (χ1n) is 9.57. The summed E-state index contributed by atoms with van der Waals surface area (Å²) in [5.41, 5.74) is 0.627. The molecular weight excluding hydrogens is 322 g/mol. The van der Waals surface area contributed by atoms with Gasteiger partial charge in [0, 0.05) is 5.54 Å². The van der Waals surface area contributed by atoms with E-state index in [9.17, 15) is 5.11 Å². The summed E-state index contributed by atoms with van der Waals surface area (Å²) in [5, 5.41) is 11.0. The Labute approximate surface area is 157 Å². The van der Waals surface area contributed by atoms with Gasteiger partial charge in [0.25, 0.3) is 0 Å². The van der Waals surface area contributed by atoms with Crippen molar-refractivity contribution >= 4 is 0 Å². The van der Waals surface area contributed by atoms with E-state index in [4.69, 9.17) is 4.74 Å². The second-order valence-corrected chi connectivity index (χ2v) is 8.03. The predicted octanol–water partition coefficient (Wildman–Crippen LogP) is 4.46. The van der Waals surface area contributed by atoms with Crippen molar-refractivity contribution in [1.82, 2.24) is 4.90 Å². The zero-order chi connectivity index (χ0) is 18.6. The van der Waals surface area contributed by atoms with Crippen LogP contribution >= 0.6 is 0 Å². The fourth-order valence-corrected chi connectivity index (χ4v) is 4.32. The molecule has 1 saturated carbocycles. The number of nitrogens with zero attached hydrogens (tertiary/aromatic N) is 1. The van der Waals surface area contributed by atoms with Gasteiger partial charge in [-0.15, -0.1) is 0 Å². The summed E-state index contributed by atoms with van der Waals surface area (Å²) >= 11 is 0. The third kappa shape index (κ3) is 3.94. The summed E-state index contributed by atoms with van der Waals surface area (Å²) in [6.07, 6.45) is 4.10. The van der Waals surface area contributed by atoms with E-state index in [0.717, 1.165) is 31.4 Å². The molecule has 3 heteroatoms. The second-order valence-electron chi connectivity index (χ2n) is 8.03. The normalized spacial score (nSPS) is 25.7. The molecule has 0 aromatic heterocycles. The molecule has 0 radical (unpaired) electrons. The molecule has 140 valence electrons. The molecule has 1 unspecified atom stereocenters. The molecule has 3 nitrogen and oxygen atoms in total. The molecule has 0 aliphatic heterocycles. The van der Waals surface area contributed by atoms with Crippen LogP contribution in [0.5, 0.6) is 5.75 Å². The van der Waals surface area contributed by atoms with Crippen LogP contribution in [0.15, 0.2) is 60.7 Å². The maximum Gasteiger partial charge on any atom is 0.119 e. The van der Waals surface area contributed by atoms with Gasteiger partial charge in [0.05, 0.1) is 5.60 Å². The summed E-state index contributed by atoms with van der Waals surface area (Å²) in [6.45, 7) is 2.26. The van der Waals surface area contributed by atoms with Crippen molar-refractivity contribution in [2.75, 3.05) is 20.7 Å². The molecule has 0 amide bonds. The largest absolute Gasteiger partial charge is 0.491 e. The number of aliphatic hydroxyl groups is 1. The zero-order valence-electron chi connectivity index (χ0n) is 16.2. The minimum atomic E-state index is -0.814. The van der Waals surface area contributed by atoms with Gasteiger partial charge in [0.15, 0.2) is 0 Å². The molecule has 1 aliphatic rings. The third-order valence-corrected chi connectivity index (χ3v) is 6.13. The van der Waals surface area contributed by atoms with E-state index in [2.05, 4.69) is 49.3 Å². The highest BCUT2D eigenvalue weighted by Gasteiger charge is 2.43. The molecule has 3 rings (SSSR count). The Morgan fingerprint density at radius 2 is 1.54 bits per heavy atom. The standard InChI is InChI=1S/C23H31NO2/c1-22(25,18-26-21-12-8-5-9-13-21)19-14-16-23(17-15-19,24(2)3)20-10-6-4-7-11-20/h4-13,19,25H,14-18H2,1-3H3. The topological polar surface area (TPSA) is 32.7 Å². The Morgan fingerprint density at radius 1 is 1.00 bits per heavy atom. The van der Waals surface area contributed by atoms with Crippen LogP contribution in [0.2, 0.25) is 0 Å². The molecule has 1 N–H and O–H groups in total. The van der Waals surface area contributed by atoms with Gasteiger partial charge >= 0.3 is 0 Å². The fraction of sp³-hybridized carbons (Fsp3) is 0.478. The number of hydrogen-bond acceptors (Lipinski definition) is 3. The highest BCUT2D eigenvalue weighted by atomic mass is 16.5. The van der Waals surface area contributed by atoms with Crippen molar-refractivity contribution in [3.8, 4) is 5.75 Å². The van der Waals surface area contributed by atoms with Crippen molar-refractivity contribution in [3.63, 3.8) is 0 Å². The van der Waals surface area contributed by atoms with Crippen LogP contribution in [-0.4, -0.2) is 36.3 Å². The van der Waals surface area contributed by atoms with Gasteiger partial charge < -0.3 is 9.84 Å². The summed E-state index contributed by atoms with van der Waals surface area (Å²) in [5.74, 6) is 1.07. The van der Waals surface area contributed by atoms with Crippen LogP contribution in [0.3, 0.4) is 0 Å². The Balaban J connectivity index is 1.66. The predicted molar refractivity (Wildman–Crippen MR) is 106 cm³/mol. The fourth-order valence-electron chi connectivity index (χ4n) is 4.32. The number of hydrogen-bond donors (Lipinski definition) is 1. The van der Waals surface area contributed by atoms with E-state index < -0.39 is 5.60 Å². The molecule has 0 saturated heterocycles. The molecule has 0 spiro atoms. The maximum atomic E-state index is 11.0. The Bertz CT molecular complexity index is 674. The Kier molecular flexibility index (Phi) is 5.69. The maximum absolute atomic E-state index is 11.0. The van der Waals surface area contributed by atoms with Gasteiger partial charge in [-0.3, -0.25) is 4.90 Å². The van der Waals surface area contributed by atoms with Gasteiger partial charge in [-0.25, -0.2) is 0 Å². The quantitative estimate of drug-likeness (QED) is 0.832. The van der Waals surface area contributed by atoms with Crippen LogP contribution in [0, 0.1) is 5.92 Å². The van der Waals surface area contributed by atoms with E-state index in [1.807, 2.05) is 37.3 Å². The van der Waals surface area contributed by atoms with E-state index in [0.29, 0.717) is 6.61 Å². The lowest BCUT2D eigenvalue weighted by Gasteiger charge is -2.48. The molecular formula is C23H31NO2. The van der Waals surface area contributed by atoms with Gasteiger partial charge in [0.2, 0.25) is 0 Å². The smallest absolute Gasteiger partial charge is 0.119 e. The monoisotopic (exact) mass is 353 g/mol. The molecule has 2 aromatic carbocycles. The number of benzene rings is 2. The van der Waals surface area contributed by atoms with Crippen molar-refractivity contribution < 1.29 is 9.84 Å². The van der Waals surface area contributed by atoms with Gasteiger partial charge in [-0.05, 0) is 70.3 Å². The van der Waals surface area contributed by atoms with Crippen LogP contribution in [0.1, 0.15) is 38.2 Å². The third-order valence-electron chi connectivity index (χ3n) is 6.13. The van der Waals surface area contributed by atoms with Crippen LogP contribution in [0.4, 0.5) is 0 Å². The van der Waals surface area contributed by atoms with Crippen LogP contribution < -0.4 is 4.74 Å². The second kappa shape index (κ2) is 7.81. The highest BCUT2D eigenvalue weighted by Crippen LogP contribution is 2.45. The zero-order valence-corrected chi connectivity index (χ0v) is 16.2. The van der Waals surface area contributed by atoms with Crippen LogP contribution in [-0.2, 0) is 5.54 Å². The van der Waals surface area contributed by atoms with Gasteiger partial charge in [0.1, 0.15) is 12.4 Å². The summed E-state index contributed by atoms with van der Waals surface area (Å²) < 4.78 is 5.85. The molecule has 0 bridgehead atoms. The van der Waals surface area contributed by atoms with E-state index >= 15 is 0 Å². The summed E-state index contributed by atoms with van der Waals surface area (Å²) in [7, 11) is 4.34. The Hall–Kier alpha value is -1.84.